The number of likely N-dealkylation sites (tertiary alicyclic amines) is 1. The Morgan fingerprint density at radius 2 is 1.79 bits per heavy atom. The third kappa shape index (κ3) is 5.03. The van der Waals surface area contributed by atoms with Gasteiger partial charge in [-0.15, -0.1) is 0 Å². The Labute approximate surface area is 142 Å². The van der Waals surface area contributed by atoms with Crippen LogP contribution in [0, 0.1) is 5.82 Å². The van der Waals surface area contributed by atoms with E-state index in [1.807, 2.05) is 0 Å². The largest absolute Gasteiger partial charge is 0.353 e. The second kappa shape index (κ2) is 8.24. The summed E-state index contributed by atoms with van der Waals surface area (Å²) in [7, 11) is 0. The van der Waals surface area contributed by atoms with E-state index in [1.54, 1.807) is 6.07 Å². The van der Waals surface area contributed by atoms with Crippen LogP contribution in [-0.2, 0) is 4.79 Å². The highest BCUT2D eigenvalue weighted by Gasteiger charge is 2.28. The zero-order valence-electron chi connectivity index (χ0n) is 14.4. The lowest BCUT2D eigenvalue weighted by atomic mass is 9.98. The Hall–Kier alpha value is -1.95. The molecule has 132 valence electrons. The molecule has 5 nitrogen and oxygen atoms in total. The fraction of sp³-hybridized carbons (Fsp3) is 0.556. The van der Waals surface area contributed by atoms with Crippen LogP contribution < -0.4 is 10.6 Å². The highest BCUT2D eigenvalue weighted by atomic mass is 19.1. The van der Waals surface area contributed by atoms with Crippen molar-refractivity contribution < 1.29 is 14.0 Å². The molecule has 1 fully saturated rings. The molecule has 1 aromatic rings. The van der Waals surface area contributed by atoms with E-state index in [2.05, 4.69) is 29.4 Å². The smallest absolute Gasteiger partial charge is 0.254 e. The lowest BCUT2D eigenvalue weighted by molar-refractivity contribution is -0.120. The van der Waals surface area contributed by atoms with Crippen LogP contribution in [0.3, 0.4) is 0 Å². The van der Waals surface area contributed by atoms with Crippen LogP contribution in [0.1, 0.15) is 43.5 Å². The molecule has 0 atom stereocenters. The average Bonchev–Trinajstić information content (AvgIpc) is 2.59. The fourth-order valence-corrected chi connectivity index (χ4v) is 2.89. The van der Waals surface area contributed by atoms with Crippen molar-refractivity contribution in [2.45, 2.75) is 38.6 Å². The SMILES string of the molecule is CC(C)(CNC(=O)CNC(=O)c1ccccc1F)N1CCCCC1. The molecule has 0 saturated carbocycles. The Bertz CT molecular complexity index is 583. The van der Waals surface area contributed by atoms with E-state index < -0.39 is 11.7 Å². The molecule has 0 unspecified atom stereocenters. The van der Waals surface area contributed by atoms with Gasteiger partial charge in [0, 0.05) is 12.1 Å². The number of halogens is 1. The summed E-state index contributed by atoms with van der Waals surface area (Å²) in [4.78, 5) is 26.2. The number of hydrogen-bond acceptors (Lipinski definition) is 3. The van der Waals surface area contributed by atoms with Crippen LogP contribution in [0.4, 0.5) is 4.39 Å². The number of hydrogen-bond donors (Lipinski definition) is 2. The Morgan fingerprint density at radius 1 is 1.12 bits per heavy atom. The van der Waals surface area contributed by atoms with Crippen molar-refractivity contribution in [3.63, 3.8) is 0 Å². The number of piperidine rings is 1. The van der Waals surface area contributed by atoms with Crippen molar-refractivity contribution in [1.82, 2.24) is 15.5 Å². The molecular weight excluding hydrogens is 309 g/mol. The zero-order valence-corrected chi connectivity index (χ0v) is 14.4. The van der Waals surface area contributed by atoms with Crippen LogP contribution in [-0.4, -0.2) is 48.4 Å². The number of carbonyl (C=O) groups excluding carboxylic acids is 2. The minimum atomic E-state index is -0.596. The quantitative estimate of drug-likeness (QED) is 0.835. The summed E-state index contributed by atoms with van der Waals surface area (Å²) in [5.74, 6) is -1.45. The molecule has 0 bridgehead atoms. The van der Waals surface area contributed by atoms with Gasteiger partial charge in [0.25, 0.3) is 5.91 Å². The summed E-state index contributed by atoms with van der Waals surface area (Å²) in [6.45, 7) is 6.66. The van der Waals surface area contributed by atoms with E-state index in [1.165, 1.54) is 37.5 Å². The van der Waals surface area contributed by atoms with Gasteiger partial charge in [0.05, 0.1) is 12.1 Å². The minimum absolute atomic E-state index is 0.0565. The molecule has 6 heteroatoms. The van der Waals surface area contributed by atoms with Crippen molar-refractivity contribution in [2.75, 3.05) is 26.2 Å². The second-order valence-electron chi connectivity index (χ2n) is 6.80. The predicted molar refractivity (Wildman–Crippen MR) is 91.2 cm³/mol. The van der Waals surface area contributed by atoms with Crippen molar-refractivity contribution in [1.29, 1.82) is 0 Å². The highest BCUT2D eigenvalue weighted by Crippen LogP contribution is 2.19. The molecule has 1 saturated heterocycles. The molecule has 1 aliphatic rings. The normalized spacial score (nSPS) is 15.8. The maximum Gasteiger partial charge on any atom is 0.254 e. The summed E-state index contributed by atoms with van der Waals surface area (Å²) < 4.78 is 13.5. The number of carbonyl (C=O) groups is 2. The first-order chi connectivity index (χ1) is 11.4. The lowest BCUT2D eigenvalue weighted by Gasteiger charge is -2.41. The van der Waals surface area contributed by atoms with Gasteiger partial charge in [-0.1, -0.05) is 18.6 Å². The first kappa shape index (κ1) is 18.4. The first-order valence-corrected chi connectivity index (χ1v) is 8.44. The third-order valence-electron chi connectivity index (χ3n) is 4.46. The van der Waals surface area contributed by atoms with Crippen LogP contribution in [0.2, 0.25) is 0 Å². The van der Waals surface area contributed by atoms with E-state index in [4.69, 9.17) is 0 Å². The van der Waals surface area contributed by atoms with Gasteiger partial charge in [0.1, 0.15) is 5.82 Å². The van der Waals surface area contributed by atoms with Gasteiger partial charge in [-0.3, -0.25) is 14.5 Å². The maximum atomic E-state index is 13.5. The molecule has 1 aromatic carbocycles. The standard InChI is InChI=1S/C18H26FN3O2/c1-18(2,22-10-6-3-7-11-22)13-21-16(23)12-20-17(24)14-8-4-5-9-15(14)19/h4-5,8-9H,3,6-7,10-13H2,1-2H3,(H,20,24)(H,21,23). The molecule has 0 aromatic heterocycles. The molecule has 0 spiro atoms. The first-order valence-electron chi connectivity index (χ1n) is 8.44. The van der Waals surface area contributed by atoms with E-state index in [-0.39, 0.29) is 23.6 Å². The summed E-state index contributed by atoms with van der Waals surface area (Å²) in [6, 6.07) is 5.71. The molecule has 0 radical (unpaired) electrons. The lowest BCUT2D eigenvalue weighted by Crippen LogP contribution is -2.54. The monoisotopic (exact) mass is 335 g/mol. The minimum Gasteiger partial charge on any atom is -0.353 e. The fourth-order valence-electron chi connectivity index (χ4n) is 2.89. The van der Waals surface area contributed by atoms with Crippen LogP contribution in [0.25, 0.3) is 0 Å². The molecule has 24 heavy (non-hydrogen) atoms. The molecule has 1 heterocycles. The molecule has 2 rings (SSSR count). The van der Waals surface area contributed by atoms with E-state index in [9.17, 15) is 14.0 Å². The predicted octanol–water partition coefficient (Wildman–Crippen LogP) is 1.94. The van der Waals surface area contributed by atoms with Gasteiger partial charge in [-0.2, -0.15) is 0 Å². The van der Waals surface area contributed by atoms with Crippen LogP contribution in [0.5, 0.6) is 0 Å². The second-order valence-corrected chi connectivity index (χ2v) is 6.80. The van der Waals surface area contributed by atoms with Crippen molar-refractivity contribution >= 4 is 11.8 Å². The van der Waals surface area contributed by atoms with E-state index in [0.29, 0.717) is 6.54 Å². The highest BCUT2D eigenvalue weighted by molar-refractivity contribution is 5.96. The Morgan fingerprint density at radius 3 is 2.46 bits per heavy atom. The van der Waals surface area contributed by atoms with Crippen molar-refractivity contribution in [3.05, 3.63) is 35.6 Å². The van der Waals surface area contributed by atoms with E-state index in [0.717, 1.165) is 13.1 Å². The van der Waals surface area contributed by atoms with Gasteiger partial charge in [-0.25, -0.2) is 4.39 Å². The van der Waals surface area contributed by atoms with Crippen molar-refractivity contribution in [2.24, 2.45) is 0 Å². The summed E-state index contributed by atoms with van der Waals surface area (Å²) in [5, 5.41) is 5.30. The number of amides is 2. The average molecular weight is 335 g/mol. The van der Waals surface area contributed by atoms with Gasteiger partial charge >= 0.3 is 0 Å². The summed E-state index contributed by atoms with van der Waals surface area (Å²) in [5.41, 5.74) is -0.176. The van der Waals surface area contributed by atoms with Crippen molar-refractivity contribution in [3.8, 4) is 0 Å². The summed E-state index contributed by atoms with van der Waals surface area (Å²) in [6.07, 6.45) is 3.65. The molecule has 2 amide bonds. The third-order valence-corrected chi connectivity index (χ3v) is 4.46. The number of rotatable bonds is 6. The van der Waals surface area contributed by atoms with Gasteiger partial charge < -0.3 is 10.6 Å². The Balaban J connectivity index is 1.77. The van der Waals surface area contributed by atoms with Gasteiger partial charge in [0.2, 0.25) is 5.91 Å². The van der Waals surface area contributed by atoms with Gasteiger partial charge in [-0.05, 0) is 51.9 Å². The topological polar surface area (TPSA) is 61.4 Å². The maximum absolute atomic E-state index is 13.5. The molecular formula is C18H26FN3O2. The summed E-state index contributed by atoms with van der Waals surface area (Å²) >= 11 is 0. The number of benzene rings is 1. The Kier molecular flexibility index (Phi) is 6.31. The van der Waals surface area contributed by atoms with Crippen LogP contribution >= 0.6 is 0 Å². The van der Waals surface area contributed by atoms with Crippen LogP contribution in [0.15, 0.2) is 24.3 Å². The zero-order chi connectivity index (χ0) is 17.6. The number of nitrogens with one attached hydrogen (secondary N) is 2. The van der Waals surface area contributed by atoms with Gasteiger partial charge in [0.15, 0.2) is 0 Å². The van der Waals surface area contributed by atoms with E-state index >= 15 is 0 Å². The molecule has 2 N–H and O–H groups in total. The molecule has 0 aliphatic carbocycles. The molecule has 1 aliphatic heterocycles. The number of nitrogens with zero attached hydrogens (tertiary/aromatic N) is 1.